The molecule has 0 amide bonds. The molecule has 1 fully saturated rings. The lowest BCUT2D eigenvalue weighted by molar-refractivity contribution is 0.314. The van der Waals surface area contributed by atoms with Crippen LogP contribution in [0.3, 0.4) is 0 Å². The molecule has 1 aliphatic rings. The Balaban J connectivity index is 1.87. The molecule has 2 heterocycles. The van der Waals surface area contributed by atoms with Crippen LogP contribution in [0.5, 0.6) is 0 Å². The first-order chi connectivity index (χ1) is 10.3. The van der Waals surface area contributed by atoms with E-state index < -0.39 is 0 Å². The van der Waals surface area contributed by atoms with Crippen LogP contribution in [-0.4, -0.2) is 59.1 Å². The Morgan fingerprint density at radius 2 is 1.86 bits per heavy atom. The summed E-state index contributed by atoms with van der Waals surface area (Å²) in [5, 5.41) is 6.73. The molecule has 5 nitrogen and oxygen atoms in total. The molecule has 2 rings (SSSR count). The number of rotatable bonds is 8. The van der Waals surface area contributed by atoms with Gasteiger partial charge >= 0.3 is 0 Å². The minimum absolute atomic E-state index is 0.882. The Kier molecular flexibility index (Phi) is 7.09. The van der Waals surface area contributed by atoms with Crippen molar-refractivity contribution in [2.24, 2.45) is 0 Å². The maximum Gasteiger partial charge on any atom is 0.133 e. The summed E-state index contributed by atoms with van der Waals surface area (Å²) in [5.41, 5.74) is 0. The first-order valence-electron chi connectivity index (χ1n) is 7.97. The molecular formula is C15H27N5S. The van der Waals surface area contributed by atoms with Crippen LogP contribution in [0, 0.1) is 0 Å². The highest BCUT2D eigenvalue weighted by Crippen LogP contribution is 2.13. The third-order valence-corrected chi connectivity index (χ3v) is 4.38. The summed E-state index contributed by atoms with van der Waals surface area (Å²) < 4.78 is 0. The SMILES string of the molecule is CCCc1nc(NCC)cc(NCCN2CCSCC2)n1. The predicted octanol–water partition coefficient (Wildman–Crippen LogP) is 2.32. The molecule has 1 aromatic heterocycles. The van der Waals surface area contributed by atoms with Crippen LogP contribution < -0.4 is 10.6 Å². The lowest BCUT2D eigenvalue weighted by Gasteiger charge is -2.26. The number of aryl methyl sites for hydroxylation is 1. The topological polar surface area (TPSA) is 53.1 Å². The van der Waals surface area contributed by atoms with Crippen molar-refractivity contribution in [2.75, 3.05) is 54.9 Å². The molecule has 1 saturated heterocycles. The molecule has 0 spiro atoms. The molecule has 0 radical (unpaired) electrons. The van der Waals surface area contributed by atoms with Crippen LogP contribution >= 0.6 is 11.8 Å². The first kappa shape index (κ1) is 16.4. The van der Waals surface area contributed by atoms with E-state index in [2.05, 4.69) is 51.1 Å². The van der Waals surface area contributed by atoms with E-state index in [0.29, 0.717) is 0 Å². The maximum absolute atomic E-state index is 4.60. The molecule has 0 bridgehead atoms. The Bertz CT molecular complexity index is 396. The lowest BCUT2D eigenvalue weighted by Crippen LogP contribution is -2.36. The summed E-state index contributed by atoms with van der Waals surface area (Å²) in [6, 6.07) is 2.01. The highest BCUT2D eigenvalue weighted by atomic mass is 32.2. The number of nitrogens with zero attached hydrogens (tertiary/aromatic N) is 3. The average Bonchev–Trinajstić information content (AvgIpc) is 2.49. The van der Waals surface area contributed by atoms with Gasteiger partial charge in [0, 0.05) is 56.7 Å². The Hall–Kier alpha value is -1.01. The van der Waals surface area contributed by atoms with Gasteiger partial charge in [0.1, 0.15) is 17.5 Å². The van der Waals surface area contributed by atoms with Crippen molar-refractivity contribution in [2.45, 2.75) is 26.7 Å². The van der Waals surface area contributed by atoms with Gasteiger partial charge in [-0.2, -0.15) is 11.8 Å². The molecule has 21 heavy (non-hydrogen) atoms. The minimum atomic E-state index is 0.882. The van der Waals surface area contributed by atoms with Crippen LogP contribution in [-0.2, 0) is 6.42 Å². The second kappa shape index (κ2) is 9.10. The lowest BCUT2D eigenvalue weighted by atomic mass is 10.3. The Morgan fingerprint density at radius 3 is 2.52 bits per heavy atom. The fraction of sp³-hybridized carbons (Fsp3) is 0.733. The van der Waals surface area contributed by atoms with Gasteiger partial charge in [-0.05, 0) is 13.3 Å². The van der Waals surface area contributed by atoms with Crippen molar-refractivity contribution >= 4 is 23.4 Å². The normalized spacial score (nSPS) is 15.9. The number of anilines is 2. The fourth-order valence-electron chi connectivity index (χ4n) is 2.36. The highest BCUT2D eigenvalue weighted by molar-refractivity contribution is 7.99. The van der Waals surface area contributed by atoms with Crippen LogP contribution in [0.4, 0.5) is 11.6 Å². The molecule has 118 valence electrons. The average molecular weight is 309 g/mol. The summed E-state index contributed by atoms with van der Waals surface area (Å²) >= 11 is 2.05. The molecule has 1 aromatic rings. The van der Waals surface area contributed by atoms with Gasteiger partial charge in [-0.15, -0.1) is 0 Å². The van der Waals surface area contributed by atoms with Crippen molar-refractivity contribution < 1.29 is 0 Å². The largest absolute Gasteiger partial charge is 0.370 e. The fourth-order valence-corrected chi connectivity index (χ4v) is 3.34. The van der Waals surface area contributed by atoms with E-state index in [-0.39, 0.29) is 0 Å². The third kappa shape index (κ3) is 5.71. The maximum atomic E-state index is 4.60. The van der Waals surface area contributed by atoms with Gasteiger partial charge < -0.3 is 10.6 Å². The molecule has 2 N–H and O–H groups in total. The molecule has 1 aliphatic heterocycles. The van der Waals surface area contributed by atoms with Gasteiger partial charge in [0.2, 0.25) is 0 Å². The standard InChI is InChI=1S/C15H27N5S/c1-3-5-13-18-14(16-4-2)12-15(19-13)17-6-7-20-8-10-21-11-9-20/h12H,3-11H2,1-2H3,(H2,16,17,18,19). The zero-order valence-electron chi connectivity index (χ0n) is 13.2. The Labute approximate surface area is 132 Å². The second-order valence-electron chi connectivity index (χ2n) is 5.22. The van der Waals surface area contributed by atoms with E-state index in [1.165, 1.54) is 24.6 Å². The van der Waals surface area contributed by atoms with E-state index >= 15 is 0 Å². The van der Waals surface area contributed by atoms with Gasteiger partial charge in [-0.25, -0.2) is 9.97 Å². The highest BCUT2D eigenvalue weighted by Gasteiger charge is 2.10. The molecular weight excluding hydrogens is 282 g/mol. The molecule has 0 atom stereocenters. The van der Waals surface area contributed by atoms with E-state index in [1.54, 1.807) is 0 Å². The number of nitrogens with one attached hydrogen (secondary N) is 2. The van der Waals surface area contributed by atoms with Crippen molar-refractivity contribution in [3.05, 3.63) is 11.9 Å². The van der Waals surface area contributed by atoms with E-state index in [1.807, 2.05) is 6.07 Å². The summed E-state index contributed by atoms with van der Waals surface area (Å²) in [6.45, 7) is 9.57. The van der Waals surface area contributed by atoms with Crippen LogP contribution in [0.15, 0.2) is 6.07 Å². The van der Waals surface area contributed by atoms with Gasteiger partial charge in [-0.3, -0.25) is 4.90 Å². The molecule has 0 aliphatic carbocycles. The minimum Gasteiger partial charge on any atom is -0.370 e. The summed E-state index contributed by atoms with van der Waals surface area (Å²) in [6.07, 6.45) is 2.00. The molecule has 0 saturated carbocycles. The van der Waals surface area contributed by atoms with Crippen LogP contribution in [0.25, 0.3) is 0 Å². The number of thioether (sulfide) groups is 1. The predicted molar refractivity (Wildman–Crippen MR) is 92.4 cm³/mol. The van der Waals surface area contributed by atoms with Crippen LogP contribution in [0.2, 0.25) is 0 Å². The summed E-state index contributed by atoms with van der Waals surface area (Å²) in [7, 11) is 0. The van der Waals surface area contributed by atoms with Gasteiger partial charge in [0.25, 0.3) is 0 Å². The molecule has 6 heteroatoms. The van der Waals surface area contributed by atoms with E-state index in [0.717, 1.165) is 49.9 Å². The van der Waals surface area contributed by atoms with Gasteiger partial charge in [0.05, 0.1) is 0 Å². The second-order valence-corrected chi connectivity index (χ2v) is 6.44. The van der Waals surface area contributed by atoms with Gasteiger partial charge in [0.15, 0.2) is 0 Å². The summed E-state index contributed by atoms with van der Waals surface area (Å²) in [4.78, 5) is 11.7. The van der Waals surface area contributed by atoms with Gasteiger partial charge in [-0.1, -0.05) is 6.92 Å². The Morgan fingerprint density at radius 1 is 1.14 bits per heavy atom. The van der Waals surface area contributed by atoms with E-state index in [9.17, 15) is 0 Å². The zero-order valence-corrected chi connectivity index (χ0v) is 14.0. The quantitative estimate of drug-likeness (QED) is 0.769. The van der Waals surface area contributed by atoms with Crippen LogP contribution in [0.1, 0.15) is 26.1 Å². The van der Waals surface area contributed by atoms with Crippen molar-refractivity contribution in [1.29, 1.82) is 0 Å². The monoisotopic (exact) mass is 309 g/mol. The number of aromatic nitrogens is 2. The first-order valence-corrected chi connectivity index (χ1v) is 9.13. The number of hydrogen-bond acceptors (Lipinski definition) is 6. The van der Waals surface area contributed by atoms with E-state index in [4.69, 9.17) is 0 Å². The molecule has 0 unspecified atom stereocenters. The van der Waals surface area contributed by atoms with Crippen molar-refractivity contribution in [3.8, 4) is 0 Å². The number of hydrogen-bond donors (Lipinski definition) is 2. The summed E-state index contributed by atoms with van der Waals surface area (Å²) in [5.74, 6) is 5.31. The van der Waals surface area contributed by atoms with Crippen molar-refractivity contribution in [1.82, 2.24) is 14.9 Å². The molecule has 0 aromatic carbocycles. The third-order valence-electron chi connectivity index (χ3n) is 3.44. The zero-order chi connectivity index (χ0) is 14.9. The smallest absolute Gasteiger partial charge is 0.133 e. The van der Waals surface area contributed by atoms with Crippen molar-refractivity contribution in [3.63, 3.8) is 0 Å².